The summed E-state index contributed by atoms with van der Waals surface area (Å²) in [5, 5.41) is 12.0. The fourth-order valence-electron chi connectivity index (χ4n) is 2.47. The molecule has 1 saturated heterocycles. The number of piperidine rings is 1. The number of carbonyl (C=O) groups excluding carboxylic acids is 1. The van der Waals surface area contributed by atoms with Gasteiger partial charge in [-0.05, 0) is 32.7 Å². The maximum Gasteiger partial charge on any atom is 0.320 e. The van der Waals surface area contributed by atoms with E-state index >= 15 is 0 Å². The lowest BCUT2D eigenvalue weighted by Crippen LogP contribution is -2.50. The maximum atomic E-state index is 11.8. The molecular formula is C13H24N2O3. The highest BCUT2D eigenvalue weighted by atomic mass is 16.4. The minimum atomic E-state index is -0.816. The number of carboxylic acid groups (broad SMARTS) is 1. The van der Waals surface area contributed by atoms with Crippen LogP contribution in [0.4, 0.5) is 0 Å². The van der Waals surface area contributed by atoms with Crippen molar-refractivity contribution in [2.75, 3.05) is 13.1 Å². The summed E-state index contributed by atoms with van der Waals surface area (Å²) in [6, 6.07) is -0.332. The Bertz CT molecular complexity index is 294. The average Bonchev–Trinajstić information content (AvgIpc) is 2.29. The van der Waals surface area contributed by atoms with E-state index in [1.807, 2.05) is 6.92 Å². The molecule has 18 heavy (non-hydrogen) atoms. The molecule has 5 heteroatoms. The topological polar surface area (TPSA) is 69.6 Å². The zero-order valence-corrected chi connectivity index (χ0v) is 11.3. The third kappa shape index (κ3) is 4.64. The predicted octanol–water partition coefficient (Wildman–Crippen LogP) is 1.23. The Morgan fingerprint density at radius 3 is 2.78 bits per heavy atom. The third-order valence-electron chi connectivity index (χ3n) is 3.37. The molecule has 1 amide bonds. The Hall–Kier alpha value is -1.10. The molecule has 2 atom stereocenters. The van der Waals surface area contributed by atoms with Crippen molar-refractivity contribution in [2.45, 2.75) is 58.0 Å². The fraction of sp³-hybridized carbons (Fsp3) is 0.846. The molecular weight excluding hydrogens is 232 g/mol. The number of carbonyl (C=O) groups is 2. The van der Waals surface area contributed by atoms with Crippen molar-refractivity contribution in [2.24, 2.45) is 0 Å². The molecule has 1 aliphatic heterocycles. The molecule has 0 spiro atoms. The van der Waals surface area contributed by atoms with Gasteiger partial charge in [-0.15, -0.1) is 0 Å². The van der Waals surface area contributed by atoms with Crippen LogP contribution < -0.4 is 5.32 Å². The maximum absolute atomic E-state index is 11.8. The third-order valence-corrected chi connectivity index (χ3v) is 3.37. The molecule has 1 rings (SSSR count). The first-order valence-corrected chi connectivity index (χ1v) is 6.80. The summed E-state index contributed by atoms with van der Waals surface area (Å²) in [4.78, 5) is 24.7. The van der Waals surface area contributed by atoms with Crippen LogP contribution in [0.5, 0.6) is 0 Å². The van der Waals surface area contributed by atoms with Gasteiger partial charge in [0.2, 0.25) is 5.91 Å². The molecule has 1 heterocycles. The van der Waals surface area contributed by atoms with E-state index in [1.165, 1.54) is 0 Å². The largest absolute Gasteiger partial charge is 0.480 e. The van der Waals surface area contributed by atoms with E-state index in [9.17, 15) is 9.59 Å². The van der Waals surface area contributed by atoms with E-state index in [0.29, 0.717) is 13.0 Å². The second-order valence-electron chi connectivity index (χ2n) is 5.08. The van der Waals surface area contributed by atoms with Crippen molar-refractivity contribution < 1.29 is 14.7 Å². The first-order chi connectivity index (χ1) is 8.54. The smallest absolute Gasteiger partial charge is 0.320 e. The van der Waals surface area contributed by atoms with Crippen LogP contribution >= 0.6 is 0 Å². The first-order valence-electron chi connectivity index (χ1n) is 6.80. The zero-order chi connectivity index (χ0) is 13.5. The average molecular weight is 256 g/mol. The summed E-state index contributed by atoms with van der Waals surface area (Å²) in [7, 11) is 0. The Morgan fingerprint density at radius 1 is 1.44 bits per heavy atom. The number of rotatable bonds is 6. The van der Waals surface area contributed by atoms with E-state index in [-0.39, 0.29) is 18.5 Å². The summed E-state index contributed by atoms with van der Waals surface area (Å²) >= 11 is 0. The molecule has 2 unspecified atom stereocenters. The molecule has 0 aromatic heterocycles. The summed E-state index contributed by atoms with van der Waals surface area (Å²) in [6.07, 6.45) is 4.53. The van der Waals surface area contributed by atoms with Gasteiger partial charge in [0.25, 0.3) is 0 Å². The molecule has 0 radical (unpaired) electrons. The van der Waals surface area contributed by atoms with E-state index in [4.69, 9.17) is 5.11 Å². The molecule has 5 nitrogen and oxygen atoms in total. The second-order valence-corrected chi connectivity index (χ2v) is 5.08. The molecule has 0 saturated carbocycles. The van der Waals surface area contributed by atoms with Crippen LogP contribution in [0.15, 0.2) is 0 Å². The molecule has 0 bridgehead atoms. The number of likely N-dealkylation sites (tertiary alicyclic amines) is 1. The van der Waals surface area contributed by atoms with Crippen molar-refractivity contribution in [3.8, 4) is 0 Å². The Morgan fingerprint density at radius 2 is 2.17 bits per heavy atom. The van der Waals surface area contributed by atoms with Gasteiger partial charge >= 0.3 is 5.97 Å². The molecule has 0 aromatic rings. The van der Waals surface area contributed by atoms with Gasteiger partial charge in [0.05, 0.1) is 6.54 Å². The van der Waals surface area contributed by atoms with Crippen LogP contribution in [0.3, 0.4) is 0 Å². The summed E-state index contributed by atoms with van der Waals surface area (Å²) < 4.78 is 0. The summed E-state index contributed by atoms with van der Waals surface area (Å²) in [5.41, 5.74) is 0. The Labute approximate surface area is 109 Å². The Balaban J connectivity index is 2.43. The van der Waals surface area contributed by atoms with Gasteiger partial charge in [-0.3, -0.25) is 14.5 Å². The highest BCUT2D eigenvalue weighted by Gasteiger charge is 2.29. The highest BCUT2D eigenvalue weighted by Crippen LogP contribution is 2.16. The lowest BCUT2D eigenvalue weighted by molar-refractivity contribution is -0.145. The standard InChI is InChI=1S/C13H24N2O3/c1-3-6-10(2)14-12(16)9-15-8-5-4-7-11(15)13(17)18/h10-11H,3-9H2,1-2H3,(H,14,16)(H,17,18). The van der Waals surface area contributed by atoms with Crippen molar-refractivity contribution in [1.82, 2.24) is 10.2 Å². The molecule has 104 valence electrons. The zero-order valence-electron chi connectivity index (χ0n) is 11.3. The molecule has 0 aliphatic carbocycles. The van der Waals surface area contributed by atoms with Crippen molar-refractivity contribution in [1.29, 1.82) is 0 Å². The fourth-order valence-corrected chi connectivity index (χ4v) is 2.47. The molecule has 1 aliphatic rings. The lowest BCUT2D eigenvalue weighted by atomic mass is 10.0. The first kappa shape index (κ1) is 15.0. The molecule has 0 aromatic carbocycles. The number of hydrogen-bond acceptors (Lipinski definition) is 3. The van der Waals surface area contributed by atoms with Gasteiger partial charge in [0.1, 0.15) is 6.04 Å². The molecule has 1 fully saturated rings. The minimum absolute atomic E-state index is 0.0656. The van der Waals surface area contributed by atoms with Crippen molar-refractivity contribution >= 4 is 11.9 Å². The SMILES string of the molecule is CCCC(C)NC(=O)CN1CCCCC1C(=O)O. The normalized spacial score (nSPS) is 22.4. The monoisotopic (exact) mass is 256 g/mol. The van der Waals surface area contributed by atoms with Crippen LogP contribution in [-0.4, -0.2) is 47.1 Å². The van der Waals surface area contributed by atoms with Crippen LogP contribution in [0, 0.1) is 0 Å². The second kappa shape index (κ2) is 7.36. The van der Waals surface area contributed by atoms with Gasteiger partial charge in [0.15, 0.2) is 0 Å². The van der Waals surface area contributed by atoms with Crippen molar-refractivity contribution in [3.05, 3.63) is 0 Å². The van der Waals surface area contributed by atoms with Crippen LogP contribution in [0.2, 0.25) is 0 Å². The number of nitrogens with one attached hydrogen (secondary N) is 1. The van der Waals surface area contributed by atoms with Gasteiger partial charge < -0.3 is 10.4 Å². The van der Waals surface area contributed by atoms with E-state index in [1.54, 1.807) is 4.90 Å². The predicted molar refractivity (Wildman–Crippen MR) is 69.4 cm³/mol. The van der Waals surface area contributed by atoms with E-state index < -0.39 is 12.0 Å². The lowest BCUT2D eigenvalue weighted by Gasteiger charge is -2.32. The Kier molecular flexibility index (Phi) is 6.12. The van der Waals surface area contributed by atoms with E-state index in [0.717, 1.165) is 25.7 Å². The minimum Gasteiger partial charge on any atom is -0.480 e. The van der Waals surface area contributed by atoms with E-state index in [2.05, 4.69) is 12.2 Å². The van der Waals surface area contributed by atoms with Crippen LogP contribution in [0.1, 0.15) is 46.0 Å². The number of nitrogens with zero attached hydrogens (tertiary/aromatic N) is 1. The van der Waals surface area contributed by atoms with Gasteiger partial charge in [-0.2, -0.15) is 0 Å². The number of aliphatic carboxylic acids is 1. The van der Waals surface area contributed by atoms with Gasteiger partial charge in [-0.25, -0.2) is 0 Å². The quantitative estimate of drug-likeness (QED) is 0.750. The molecule has 2 N–H and O–H groups in total. The summed E-state index contributed by atoms with van der Waals surface area (Å²) in [6.45, 7) is 4.96. The van der Waals surface area contributed by atoms with Crippen LogP contribution in [0.25, 0.3) is 0 Å². The number of amides is 1. The number of hydrogen-bond donors (Lipinski definition) is 2. The van der Waals surface area contributed by atoms with Crippen LogP contribution in [-0.2, 0) is 9.59 Å². The van der Waals surface area contributed by atoms with Gasteiger partial charge in [0, 0.05) is 6.04 Å². The summed E-state index contributed by atoms with van der Waals surface area (Å²) in [5.74, 6) is -0.881. The van der Waals surface area contributed by atoms with Crippen molar-refractivity contribution in [3.63, 3.8) is 0 Å². The highest BCUT2D eigenvalue weighted by molar-refractivity contribution is 5.80. The van der Waals surface area contributed by atoms with Gasteiger partial charge in [-0.1, -0.05) is 19.8 Å². The number of carboxylic acids is 1.